The van der Waals surface area contributed by atoms with Crippen molar-refractivity contribution in [3.05, 3.63) is 175 Å². The summed E-state index contributed by atoms with van der Waals surface area (Å²) in [5.74, 6) is 0. The zero-order valence-corrected chi connectivity index (χ0v) is 26.3. The molecule has 0 fully saturated rings. The van der Waals surface area contributed by atoms with E-state index in [1.165, 1.54) is 88.0 Å². The summed E-state index contributed by atoms with van der Waals surface area (Å²) in [5.41, 5.74) is 12.5. The van der Waals surface area contributed by atoms with E-state index in [0.29, 0.717) is 0 Å². The van der Waals surface area contributed by atoms with E-state index in [2.05, 4.69) is 181 Å². The third-order valence-corrected chi connectivity index (χ3v) is 9.75. The predicted octanol–water partition coefficient (Wildman–Crippen LogP) is 12.7. The highest BCUT2D eigenvalue weighted by molar-refractivity contribution is 6.22. The zero-order chi connectivity index (χ0) is 31.3. The molecule has 0 bridgehead atoms. The van der Waals surface area contributed by atoms with Crippen LogP contribution < -0.4 is 0 Å². The van der Waals surface area contributed by atoms with E-state index in [0.717, 1.165) is 6.42 Å². The summed E-state index contributed by atoms with van der Waals surface area (Å²) in [6, 6.07) is 62.4. The highest BCUT2D eigenvalue weighted by Crippen LogP contribution is 2.45. The maximum Gasteiger partial charge on any atom is 0.0541 e. The van der Waals surface area contributed by atoms with E-state index in [1.807, 2.05) is 0 Å². The van der Waals surface area contributed by atoms with Gasteiger partial charge in [-0.1, -0.05) is 146 Å². The Balaban J connectivity index is 1.30. The first-order chi connectivity index (χ1) is 23.3. The average Bonchev–Trinajstić information content (AvgIpc) is 3.48. The van der Waals surface area contributed by atoms with Crippen LogP contribution in [0.4, 0.5) is 0 Å². The number of hydrogen-bond acceptors (Lipinski definition) is 0. The van der Waals surface area contributed by atoms with Crippen LogP contribution in [0.25, 0.3) is 82.4 Å². The van der Waals surface area contributed by atoms with Crippen molar-refractivity contribution in [3.63, 3.8) is 0 Å². The van der Waals surface area contributed by atoms with Gasteiger partial charge in [0.1, 0.15) is 0 Å². The summed E-state index contributed by atoms with van der Waals surface area (Å²) in [6.07, 6.45) is 1.02. The first-order valence-corrected chi connectivity index (χ1v) is 16.5. The molecule has 0 aliphatic carbocycles. The van der Waals surface area contributed by atoms with Crippen molar-refractivity contribution in [3.8, 4) is 39.1 Å². The first-order valence-electron chi connectivity index (χ1n) is 16.5. The molecule has 0 aliphatic rings. The Labute approximate surface area is 275 Å². The molecule has 0 spiro atoms. The maximum absolute atomic E-state index is 2.41. The molecule has 1 heteroatoms. The summed E-state index contributed by atoms with van der Waals surface area (Å²) in [7, 11) is 0. The van der Waals surface area contributed by atoms with Crippen LogP contribution in [-0.2, 0) is 6.42 Å². The third-order valence-electron chi connectivity index (χ3n) is 9.75. The molecule has 0 unspecified atom stereocenters. The van der Waals surface area contributed by atoms with Crippen LogP contribution in [0.15, 0.2) is 170 Å². The maximum atomic E-state index is 2.41. The fourth-order valence-electron chi connectivity index (χ4n) is 7.53. The first kappa shape index (κ1) is 27.4. The third kappa shape index (κ3) is 4.47. The Morgan fingerprint density at radius 2 is 0.851 bits per heavy atom. The molecule has 9 rings (SSSR count). The minimum absolute atomic E-state index is 1.02. The minimum Gasteiger partial charge on any atom is -0.309 e. The van der Waals surface area contributed by atoms with Crippen molar-refractivity contribution >= 4 is 43.4 Å². The smallest absolute Gasteiger partial charge is 0.0541 e. The van der Waals surface area contributed by atoms with Gasteiger partial charge in [0.05, 0.1) is 11.0 Å². The van der Waals surface area contributed by atoms with Crippen molar-refractivity contribution in [2.24, 2.45) is 0 Å². The fraction of sp³-hybridized carbons (Fsp3) is 0.0435. The number of aromatic nitrogens is 1. The molecular weight excluding hydrogens is 567 g/mol. The molecule has 0 saturated carbocycles. The molecule has 0 N–H and O–H groups in total. The van der Waals surface area contributed by atoms with Crippen molar-refractivity contribution in [1.29, 1.82) is 0 Å². The highest BCUT2D eigenvalue weighted by atomic mass is 15.0. The Hall–Kier alpha value is -5.92. The molecule has 1 heterocycles. The monoisotopic (exact) mass is 599 g/mol. The van der Waals surface area contributed by atoms with Gasteiger partial charge in [-0.3, -0.25) is 0 Å². The molecule has 222 valence electrons. The van der Waals surface area contributed by atoms with Gasteiger partial charge in [-0.05, 0) is 97.2 Å². The molecule has 0 atom stereocenters. The number of hydrogen-bond donors (Lipinski definition) is 0. The quantitative estimate of drug-likeness (QED) is 0.173. The predicted molar refractivity (Wildman–Crippen MR) is 201 cm³/mol. The molecule has 47 heavy (non-hydrogen) atoms. The molecule has 9 aromatic rings. The van der Waals surface area contributed by atoms with Gasteiger partial charge in [0.2, 0.25) is 0 Å². The van der Waals surface area contributed by atoms with Crippen LogP contribution in [0.1, 0.15) is 12.5 Å². The van der Waals surface area contributed by atoms with Gasteiger partial charge in [0, 0.05) is 16.5 Å². The second-order valence-electron chi connectivity index (χ2n) is 12.4. The minimum atomic E-state index is 1.02. The number of nitrogens with zero attached hydrogens (tertiary/aromatic N) is 1. The van der Waals surface area contributed by atoms with Gasteiger partial charge in [-0.15, -0.1) is 0 Å². The number of aryl methyl sites for hydroxylation is 1. The lowest BCUT2D eigenvalue weighted by Crippen LogP contribution is -1.95. The van der Waals surface area contributed by atoms with E-state index in [4.69, 9.17) is 0 Å². The Morgan fingerprint density at radius 1 is 0.362 bits per heavy atom. The summed E-state index contributed by atoms with van der Waals surface area (Å²) in [6.45, 7) is 2.22. The van der Waals surface area contributed by atoms with Crippen LogP contribution >= 0.6 is 0 Å². The number of benzene rings is 8. The SMILES string of the molecule is CCc1cccc(-c2ccc3c(-c4ccc(-n5c6ccccc6c6ccccc65)cc4)c4ccccc4c(-c4ccccc4)c3c2)c1. The lowest BCUT2D eigenvalue weighted by atomic mass is 9.84. The second-order valence-corrected chi connectivity index (χ2v) is 12.4. The van der Waals surface area contributed by atoms with Crippen LogP contribution in [0.2, 0.25) is 0 Å². The van der Waals surface area contributed by atoms with Gasteiger partial charge >= 0.3 is 0 Å². The Bertz CT molecular complexity index is 2530. The van der Waals surface area contributed by atoms with Crippen LogP contribution in [0.3, 0.4) is 0 Å². The normalized spacial score (nSPS) is 11.6. The van der Waals surface area contributed by atoms with Gasteiger partial charge in [0.15, 0.2) is 0 Å². The lowest BCUT2D eigenvalue weighted by Gasteiger charge is -2.19. The van der Waals surface area contributed by atoms with Crippen LogP contribution in [0.5, 0.6) is 0 Å². The molecule has 8 aromatic carbocycles. The molecule has 1 nitrogen and oxygen atoms in total. The highest BCUT2D eigenvalue weighted by Gasteiger charge is 2.18. The molecule has 0 amide bonds. The summed E-state index contributed by atoms with van der Waals surface area (Å²) < 4.78 is 2.39. The van der Waals surface area contributed by atoms with Crippen LogP contribution in [0, 0.1) is 0 Å². The fourth-order valence-corrected chi connectivity index (χ4v) is 7.53. The van der Waals surface area contributed by atoms with Gasteiger partial charge < -0.3 is 4.57 Å². The molecular formula is C46H33N. The topological polar surface area (TPSA) is 4.93 Å². The van der Waals surface area contributed by atoms with E-state index in [9.17, 15) is 0 Å². The van der Waals surface area contributed by atoms with Crippen molar-refractivity contribution in [1.82, 2.24) is 4.57 Å². The van der Waals surface area contributed by atoms with Crippen LogP contribution in [-0.4, -0.2) is 4.57 Å². The number of rotatable bonds is 5. The van der Waals surface area contributed by atoms with E-state index >= 15 is 0 Å². The van der Waals surface area contributed by atoms with Gasteiger partial charge in [-0.2, -0.15) is 0 Å². The van der Waals surface area contributed by atoms with Gasteiger partial charge in [-0.25, -0.2) is 0 Å². The van der Waals surface area contributed by atoms with Gasteiger partial charge in [0.25, 0.3) is 0 Å². The van der Waals surface area contributed by atoms with E-state index in [1.54, 1.807) is 0 Å². The van der Waals surface area contributed by atoms with Crippen molar-refractivity contribution < 1.29 is 0 Å². The van der Waals surface area contributed by atoms with E-state index < -0.39 is 0 Å². The molecule has 0 saturated heterocycles. The summed E-state index contributed by atoms with van der Waals surface area (Å²) >= 11 is 0. The molecule has 1 aromatic heterocycles. The second kappa shape index (κ2) is 11.2. The van der Waals surface area contributed by atoms with E-state index in [-0.39, 0.29) is 0 Å². The molecule has 0 radical (unpaired) electrons. The number of para-hydroxylation sites is 2. The van der Waals surface area contributed by atoms with Crippen molar-refractivity contribution in [2.75, 3.05) is 0 Å². The Morgan fingerprint density at radius 3 is 1.51 bits per heavy atom. The average molecular weight is 600 g/mol. The zero-order valence-electron chi connectivity index (χ0n) is 26.3. The summed E-state index contributed by atoms with van der Waals surface area (Å²) in [5, 5.41) is 7.64. The lowest BCUT2D eigenvalue weighted by molar-refractivity contribution is 1.14. The molecule has 0 aliphatic heterocycles. The largest absolute Gasteiger partial charge is 0.309 e. The van der Waals surface area contributed by atoms with Crippen molar-refractivity contribution in [2.45, 2.75) is 13.3 Å². The number of fused-ring (bicyclic) bond motifs is 5. The standard InChI is InChI=1S/C46H33N/c1-2-31-13-12-16-34(29-31)35-25-28-41-42(30-35)46(32-14-4-3-5-15-32)40-20-7-6-19-39(40)45(41)33-23-26-36(27-24-33)47-43-21-10-8-17-37(43)38-18-9-11-22-44(38)47/h3-30H,2H2,1H3. The summed E-state index contributed by atoms with van der Waals surface area (Å²) in [4.78, 5) is 0. The Kier molecular flexibility index (Phi) is 6.50.